The van der Waals surface area contributed by atoms with Crippen molar-refractivity contribution in [2.24, 2.45) is 0 Å². The van der Waals surface area contributed by atoms with Crippen LogP contribution in [-0.2, 0) is 14.2 Å². The topological polar surface area (TPSA) is 27.7 Å². The van der Waals surface area contributed by atoms with E-state index in [1.807, 2.05) is 6.92 Å². The number of unbranched alkanes of at least 4 members (excludes halogenated alkanes) is 1. The van der Waals surface area contributed by atoms with Crippen LogP contribution in [0.2, 0.25) is 0 Å². The van der Waals surface area contributed by atoms with Gasteiger partial charge in [0.25, 0.3) is 0 Å². The molecular formula is C12H21F3O3. The summed E-state index contributed by atoms with van der Waals surface area (Å²) in [6.45, 7) is 6.10. The van der Waals surface area contributed by atoms with E-state index in [0.29, 0.717) is 26.1 Å². The molecule has 6 heteroatoms. The fourth-order valence-corrected chi connectivity index (χ4v) is 2.02. The van der Waals surface area contributed by atoms with Gasteiger partial charge >= 0.3 is 6.18 Å². The minimum atomic E-state index is -4.38. The first-order chi connectivity index (χ1) is 8.26. The Morgan fingerprint density at radius 1 is 1.17 bits per heavy atom. The molecule has 0 aromatic carbocycles. The van der Waals surface area contributed by atoms with Crippen LogP contribution in [0.1, 0.15) is 40.0 Å². The summed E-state index contributed by atoms with van der Waals surface area (Å²) >= 11 is 0. The summed E-state index contributed by atoms with van der Waals surface area (Å²) in [4.78, 5) is 0. The first-order valence-corrected chi connectivity index (χ1v) is 6.26. The van der Waals surface area contributed by atoms with Gasteiger partial charge in [0.05, 0.1) is 6.10 Å². The van der Waals surface area contributed by atoms with Gasteiger partial charge in [-0.25, -0.2) is 0 Å². The van der Waals surface area contributed by atoms with E-state index in [4.69, 9.17) is 14.2 Å². The molecule has 0 unspecified atom stereocenters. The molecule has 0 radical (unpaired) electrons. The number of halogens is 3. The zero-order valence-electron chi connectivity index (χ0n) is 11.0. The fraction of sp³-hybridized carbons (Fsp3) is 1.00. The molecule has 0 bridgehead atoms. The third kappa shape index (κ3) is 4.74. The highest BCUT2D eigenvalue weighted by Gasteiger charge is 2.54. The van der Waals surface area contributed by atoms with Gasteiger partial charge in [0, 0.05) is 13.2 Å². The molecule has 1 heterocycles. The molecule has 0 aromatic rings. The molecule has 108 valence electrons. The lowest BCUT2D eigenvalue weighted by Crippen LogP contribution is -2.37. The molecule has 0 N–H and O–H groups in total. The molecule has 0 aliphatic carbocycles. The highest BCUT2D eigenvalue weighted by atomic mass is 19.4. The van der Waals surface area contributed by atoms with Crippen LogP contribution in [0.4, 0.5) is 13.2 Å². The second-order valence-corrected chi connectivity index (χ2v) is 4.83. The molecule has 2 atom stereocenters. The molecule has 1 fully saturated rings. The highest BCUT2D eigenvalue weighted by molar-refractivity contribution is 4.86. The van der Waals surface area contributed by atoms with E-state index >= 15 is 0 Å². The summed E-state index contributed by atoms with van der Waals surface area (Å²) in [6, 6.07) is 0. The quantitative estimate of drug-likeness (QED) is 0.693. The van der Waals surface area contributed by atoms with Crippen LogP contribution in [0.15, 0.2) is 0 Å². The van der Waals surface area contributed by atoms with Crippen molar-refractivity contribution in [2.45, 2.75) is 64.2 Å². The van der Waals surface area contributed by atoms with Gasteiger partial charge in [-0.05, 0) is 40.0 Å². The Bertz CT molecular complexity index is 253. The van der Waals surface area contributed by atoms with Gasteiger partial charge < -0.3 is 14.2 Å². The maximum absolute atomic E-state index is 12.8. The molecule has 1 saturated heterocycles. The molecule has 0 saturated carbocycles. The van der Waals surface area contributed by atoms with Crippen molar-refractivity contribution in [1.29, 1.82) is 0 Å². The van der Waals surface area contributed by atoms with E-state index in [1.54, 1.807) is 0 Å². The molecule has 1 rings (SSSR count). The summed E-state index contributed by atoms with van der Waals surface area (Å²) in [5.74, 6) is -1.16. The van der Waals surface area contributed by atoms with Gasteiger partial charge in [-0.3, -0.25) is 0 Å². The maximum Gasteiger partial charge on any atom is 0.417 e. The summed E-state index contributed by atoms with van der Waals surface area (Å²) in [7, 11) is 0. The van der Waals surface area contributed by atoms with E-state index in [1.165, 1.54) is 13.8 Å². The number of rotatable bonds is 6. The summed E-state index contributed by atoms with van der Waals surface area (Å²) in [6.07, 6.45) is -5.41. The molecule has 1 aliphatic rings. The van der Waals surface area contributed by atoms with Crippen LogP contribution in [0, 0.1) is 0 Å². The van der Waals surface area contributed by atoms with Crippen LogP contribution in [0.3, 0.4) is 0 Å². The first-order valence-electron chi connectivity index (χ1n) is 6.26. The molecular weight excluding hydrogens is 249 g/mol. The smallest absolute Gasteiger partial charge is 0.382 e. The Balaban J connectivity index is 2.42. The normalized spacial score (nSPS) is 27.7. The summed E-state index contributed by atoms with van der Waals surface area (Å²) in [5, 5.41) is 0. The van der Waals surface area contributed by atoms with Crippen LogP contribution < -0.4 is 0 Å². The molecule has 0 amide bonds. The second-order valence-electron chi connectivity index (χ2n) is 4.83. The number of hydrogen-bond acceptors (Lipinski definition) is 3. The Kier molecular flexibility index (Phi) is 5.43. The van der Waals surface area contributed by atoms with Crippen LogP contribution in [0.25, 0.3) is 0 Å². The maximum atomic E-state index is 12.8. The van der Waals surface area contributed by atoms with Crippen molar-refractivity contribution in [3.8, 4) is 0 Å². The van der Waals surface area contributed by atoms with Crippen LogP contribution in [0.5, 0.6) is 0 Å². The average Bonchev–Trinajstić information content (AvgIpc) is 2.53. The van der Waals surface area contributed by atoms with E-state index in [0.717, 1.165) is 6.42 Å². The van der Waals surface area contributed by atoms with Crippen LogP contribution in [-0.4, -0.2) is 37.4 Å². The minimum absolute atomic E-state index is 0.334. The van der Waals surface area contributed by atoms with Gasteiger partial charge in [-0.15, -0.1) is 0 Å². The lowest BCUT2D eigenvalue weighted by molar-refractivity contribution is -0.233. The first kappa shape index (κ1) is 15.7. The zero-order valence-corrected chi connectivity index (χ0v) is 11.0. The Morgan fingerprint density at radius 2 is 1.83 bits per heavy atom. The predicted molar refractivity (Wildman–Crippen MR) is 60.2 cm³/mol. The third-order valence-corrected chi connectivity index (χ3v) is 2.74. The van der Waals surface area contributed by atoms with Gasteiger partial charge in [0.1, 0.15) is 0 Å². The van der Waals surface area contributed by atoms with E-state index in [9.17, 15) is 13.2 Å². The minimum Gasteiger partial charge on any atom is -0.382 e. The Morgan fingerprint density at radius 3 is 2.39 bits per heavy atom. The fourth-order valence-electron chi connectivity index (χ4n) is 2.02. The summed E-state index contributed by atoms with van der Waals surface area (Å²) in [5.41, 5.74) is 0. The van der Waals surface area contributed by atoms with Gasteiger partial charge in [-0.2, -0.15) is 13.2 Å². The summed E-state index contributed by atoms with van der Waals surface area (Å²) < 4.78 is 53.6. The molecule has 1 aliphatic heterocycles. The van der Waals surface area contributed by atoms with Crippen molar-refractivity contribution in [3.63, 3.8) is 0 Å². The molecule has 3 nitrogen and oxygen atoms in total. The van der Waals surface area contributed by atoms with Crippen molar-refractivity contribution in [2.75, 3.05) is 13.2 Å². The van der Waals surface area contributed by atoms with Crippen molar-refractivity contribution >= 4 is 0 Å². The number of ether oxygens (including phenoxy) is 3. The van der Waals surface area contributed by atoms with E-state index in [-0.39, 0.29) is 0 Å². The van der Waals surface area contributed by atoms with Crippen LogP contribution >= 0.6 is 0 Å². The Hall–Kier alpha value is -0.330. The van der Waals surface area contributed by atoms with Crippen molar-refractivity contribution < 1.29 is 27.4 Å². The molecule has 0 spiro atoms. The lowest BCUT2D eigenvalue weighted by Gasteiger charge is -2.19. The largest absolute Gasteiger partial charge is 0.417 e. The number of alkyl halides is 3. The molecule has 0 aromatic heterocycles. The lowest BCUT2D eigenvalue weighted by atomic mass is 10.1. The Labute approximate surface area is 106 Å². The van der Waals surface area contributed by atoms with Gasteiger partial charge in [-0.1, -0.05) is 0 Å². The van der Waals surface area contributed by atoms with Gasteiger partial charge in [0.15, 0.2) is 11.9 Å². The SMILES string of the molecule is CCOCCCC[C@@H]1OC(C)(C)O[C@@H]1C(F)(F)F. The van der Waals surface area contributed by atoms with Crippen molar-refractivity contribution in [1.82, 2.24) is 0 Å². The monoisotopic (exact) mass is 270 g/mol. The number of hydrogen-bond donors (Lipinski definition) is 0. The van der Waals surface area contributed by atoms with E-state index < -0.39 is 24.2 Å². The predicted octanol–water partition coefficient (Wildman–Crippen LogP) is 3.28. The zero-order chi connectivity index (χ0) is 13.8. The highest BCUT2D eigenvalue weighted by Crippen LogP contribution is 2.39. The standard InChI is InChI=1S/C12H21F3O3/c1-4-16-8-6-5-7-9-10(12(13,14)15)18-11(2,3)17-9/h9-10H,4-8H2,1-3H3/t9-,10-/m0/s1. The van der Waals surface area contributed by atoms with E-state index in [2.05, 4.69) is 0 Å². The second kappa shape index (κ2) is 6.21. The third-order valence-electron chi connectivity index (χ3n) is 2.74. The van der Waals surface area contributed by atoms with Crippen molar-refractivity contribution in [3.05, 3.63) is 0 Å². The molecule has 18 heavy (non-hydrogen) atoms. The average molecular weight is 270 g/mol. The van der Waals surface area contributed by atoms with Gasteiger partial charge in [0.2, 0.25) is 0 Å².